The highest BCUT2D eigenvalue weighted by atomic mass is 19.2. The number of benzene rings is 1. The third-order valence-corrected chi connectivity index (χ3v) is 3.93. The number of rotatable bonds is 3. The van der Waals surface area contributed by atoms with E-state index in [1.54, 1.807) is 0 Å². The maximum Gasteiger partial charge on any atom is 0.313 e. The molecule has 0 bridgehead atoms. The number of likely N-dealkylation sites (N-methyl/N-ethyl adjacent to an activating group) is 1. The van der Waals surface area contributed by atoms with Crippen molar-refractivity contribution in [1.29, 1.82) is 0 Å². The zero-order chi connectivity index (χ0) is 17.1. The Morgan fingerprint density at radius 1 is 1.22 bits per heavy atom. The van der Waals surface area contributed by atoms with Crippen molar-refractivity contribution in [1.82, 2.24) is 4.90 Å². The van der Waals surface area contributed by atoms with Gasteiger partial charge in [-0.3, -0.25) is 9.59 Å². The normalized spacial score (nSPS) is 20.4. The van der Waals surface area contributed by atoms with Gasteiger partial charge in [0.1, 0.15) is 5.82 Å². The number of nitrogens with one attached hydrogen (secondary N) is 1. The minimum Gasteiger partial charge on any atom is -0.393 e. The number of anilines is 1. The molecule has 8 heteroatoms. The van der Waals surface area contributed by atoms with Crippen LogP contribution in [0.4, 0.5) is 18.9 Å². The first kappa shape index (κ1) is 17.3. The quantitative estimate of drug-likeness (QED) is 0.654. The molecule has 2 amide bonds. The van der Waals surface area contributed by atoms with E-state index in [4.69, 9.17) is 0 Å². The van der Waals surface area contributed by atoms with E-state index < -0.39 is 41.1 Å². The summed E-state index contributed by atoms with van der Waals surface area (Å²) < 4.78 is 39.3. The highest BCUT2D eigenvalue weighted by Gasteiger charge is 2.29. The topological polar surface area (TPSA) is 69.6 Å². The Balaban J connectivity index is 1.99. The van der Waals surface area contributed by atoms with Crippen LogP contribution in [0.2, 0.25) is 0 Å². The molecule has 2 N–H and O–H groups in total. The fraction of sp³-hybridized carbons (Fsp3) is 0.467. The largest absolute Gasteiger partial charge is 0.393 e. The van der Waals surface area contributed by atoms with Gasteiger partial charge in [-0.2, -0.15) is 0 Å². The molecule has 0 saturated heterocycles. The van der Waals surface area contributed by atoms with Crippen LogP contribution in [0.3, 0.4) is 0 Å². The van der Waals surface area contributed by atoms with E-state index in [-0.39, 0.29) is 18.5 Å². The molecule has 1 aromatic rings. The van der Waals surface area contributed by atoms with Gasteiger partial charge in [0.05, 0.1) is 11.8 Å². The fourth-order valence-corrected chi connectivity index (χ4v) is 2.63. The molecule has 0 spiro atoms. The van der Waals surface area contributed by atoms with Crippen molar-refractivity contribution >= 4 is 17.5 Å². The third kappa shape index (κ3) is 4.01. The van der Waals surface area contributed by atoms with E-state index in [2.05, 4.69) is 0 Å². The molecule has 0 heterocycles. The first-order chi connectivity index (χ1) is 10.8. The molecule has 126 valence electrons. The Morgan fingerprint density at radius 3 is 2.48 bits per heavy atom. The highest BCUT2D eigenvalue weighted by Crippen LogP contribution is 2.26. The predicted octanol–water partition coefficient (Wildman–Crippen LogP) is 1.66. The van der Waals surface area contributed by atoms with Crippen LogP contribution in [0.5, 0.6) is 0 Å². The van der Waals surface area contributed by atoms with E-state index in [0.717, 1.165) is 17.7 Å². The van der Waals surface area contributed by atoms with Gasteiger partial charge in [0.15, 0.2) is 11.6 Å². The first-order valence-electron chi connectivity index (χ1n) is 7.18. The molecule has 0 aliphatic heterocycles. The summed E-state index contributed by atoms with van der Waals surface area (Å²) in [7, 11) is 1.38. The number of hydrogen-bond acceptors (Lipinski definition) is 3. The van der Waals surface area contributed by atoms with Crippen molar-refractivity contribution in [2.75, 3.05) is 18.9 Å². The molecule has 5 nitrogen and oxygen atoms in total. The molecule has 2 unspecified atom stereocenters. The molecule has 23 heavy (non-hydrogen) atoms. The van der Waals surface area contributed by atoms with Crippen molar-refractivity contribution < 1.29 is 27.9 Å². The van der Waals surface area contributed by atoms with E-state index in [9.17, 15) is 27.9 Å². The Hall–Kier alpha value is -2.09. The van der Waals surface area contributed by atoms with Crippen molar-refractivity contribution in [3.05, 3.63) is 29.6 Å². The lowest BCUT2D eigenvalue weighted by molar-refractivity contribution is -0.142. The Labute approximate surface area is 131 Å². The minimum atomic E-state index is -1.39. The second-order valence-electron chi connectivity index (χ2n) is 5.64. The van der Waals surface area contributed by atoms with Gasteiger partial charge >= 0.3 is 11.8 Å². The van der Waals surface area contributed by atoms with Crippen molar-refractivity contribution in [3.63, 3.8) is 0 Å². The molecule has 0 radical (unpaired) electrons. The lowest BCUT2D eigenvalue weighted by Crippen LogP contribution is -2.41. The molecular formula is C15H17F3N2O3. The van der Waals surface area contributed by atoms with Crippen molar-refractivity contribution in [3.8, 4) is 0 Å². The van der Waals surface area contributed by atoms with Gasteiger partial charge in [-0.05, 0) is 12.8 Å². The number of carbonyl (C=O) groups excluding carboxylic acids is 2. The molecule has 2 rings (SSSR count). The first-order valence-corrected chi connectivity index (χ1v) is 7.18. The zero-order valence-corrected chi connectivity index (χ0v) is 12.5. The number of amides is 2. The summed E-state index contributed by atoms with van der Waals surface area (Å²) in [5, 5.41) is 11.6. The Morgan fingerprint density at radius 2 is 1.87 bits per heavy atom. The van der Waals surface area contributed by atoms with E-state index >= 15 is 0 Å². The molecule has 0 aromatic heterocycles. The number of aliphatic hydroxyl groups excluding tert-OH is 1. The summed E-state index contributed by atoms with van der Waals surface area (Å²) >= 11 is 0. The van der Waals surface area contributed by atoms with E-state index in [1.165, 1.54) is 7.05 Å². The number of carbonyl (C=O) groups is 2. The van der Waals surface area contributed by atoms with Gasteiger partial charge in [0.2, 0.25) is 0 Å². The molecule has 1 saturated carbocycles. The maximum atomic E-state index is 13.5. The number of aliphatic hydroxyl groups is 1. The second kappa shape index (κ2) is 6.99. The summed E-state index contributed by atoms with van der Waals surface area (Å²) in [4.78, 5) is 24.9. The average Bonchev–Trinajstić information content (AvgIpc) is 2.89. The highest BCUT2D eigenvalue weighted by molar-refractivity contribution is 6.39. The van der Waals surface area contributed by atoms with Gasteiger partial charge < -0.3 is 15.3 Å². The lowest BCUT2D eigenvalue weighted by Gasteiger charge is -2.22. The molecule has 2 atom stereocenters. The van der Waals surface area contributed by atoms with Crippen LogP contribution in [0.1, 0.15) is 19.3 Å². The van der Waals surface area contributed by atoms with Crippen LogP contribution in [0.25, 0.3) is 0 Å². The fourth-order valence-electron chi connectivity index (χ4n) is 2.63. The summed E-state index contributed by atoms with van der Waals surface area (Å²) in [5.74, 6) is -6.13. The monoisotopic (exact) mass is 330 g/mol. The van der Waals surface area contributed by atoms with Crippen LogP contribution < -0.4 is 5.32 Å². The Bertz CT molecular complexity index is 624. The zero-order valence-electron chi connectivity index (χ0n) is 12.5. The number of nitrogens with zero attached hydrogens (tertiary/aromatic N) is 1. The van der Waals surface area contributed by atoms with E-state index in [0.29, 0.717) is 12.5 Å². The van der Waals surface area contributed by atoms with Crippen LogP contribution in [0, 0.1) is 23.4 Å². The van der Waals surface area contributed by atoms with Crippen LogP contribution in [-0.2, 0) is 9.59 Å². The summed E-state index contributed by atoms with van der Waals surface area (Å²) in [6.07, 6.45) is 1.73. The number of halogens is 3. The van der Waals surface area contributed by atoms with Crippen molar-refractivity contribution in [2.24, 2.45) is 5.92 Å². The molecular weight excluding hydrogens is 313 g/mol. The van der Waals surface area contributed by atoms with E-state index in [1.807, 2.05) is 5.32 Å². The van der Waals surface area contributed by atoms with Crippen LogP contribution in [0.15, 0.2) is 12.1 Å². The minimum absolute atomic E-state index is 0.114. The number of hydrogen-bond donors (Lipinski definition) is 2. The molecule has 1 aromatic carbocycles. The lowest BCUT2D eigenvalue weighted by atomic mass is 10.1. The standard InChI is InChI=1S/C15H17F3N2O3/c1-20(7-8-3-2-4-13(8)21)15(23)14(22)19-12-6-10(17)9(16)5-11(12)18/h5-6,8,13,21H,2-4,7H2,1H3,(H,19,22). The maximum absolute atomic E-state index is 13.5. The SMILES string of the molecule is CN(CC1CCCC1O)C(=O)C(=O)Nc1cc(F)c(F)cc1F. The van der Waals surface area contributed by atoms with Crippen LogP contribution in [-0.4, -0.2) is 41.5 Å². The summed E-state index contributed by atoms with van der Waals surface area (Å²) in [6.45, 7) is 0.188. The smallest absolute Gasteiger partial charge is 0.313 e. The van der Waals surface area contributed by atoms with Gasteiger partial charge in [0.25, 0.3) is 0 Å². The average molecular weight is 330 g/mol. The summed E-state index contributed by atoms with van der Waals surface area (Å²) in [6, 6.07) is 0.755. The predicted molar refractivity (Wildman–Crippen MR) is 75.9 cm³/mol. The van der Waals surface area contributed by atoms with Gasteiger partial charge in [-0.25, -0.2) is 13.2 Å². The van der Waals surface area contributed by atoms with Gasteiger partial charge in [0, 0.05) is 31.6 Å². The van der Waals surface area contributed by atoms with Gasteiger partial charge in [-0.1, -0.05) is 6.42 Å². The third-order valence-electron chi connectivity index (χ3n) is 3.93. The second-order valence-corrected chi connectivity index (χ2v) is 5.64. The van der Waals surface area contributed by atoms with Crippen molar-refractivity contribution in [2.45, 2.75) is 25.4 Å². The van der Waals surface area contributed by atoms with Gasteiger partial charge in [-0.15, -0.1) is 0 Å². The molecule has 1 aliphatic carbocycles. The van der Waals surface area contributed by atoms with Crippen LogP contribution >= 0.6 is 0 Å². The summed E-state index contributed by atoms with van der Waals surface area (Å²) in [5.41, 5.74) is -0.614. The molecule has 1 aliphatic rings. The molecule has 1 fully saturated rings. The Kier molecular flexibility index (Phi) is 5.25.